The number of carbonyl (C=O) groups excluding carboxylic acids is 1. The highest BCUT2D eigenvalue weighted by Gasteiger charge is 2.24. The molecule has 1 aromatic carbocycles. The molecule has 0 aliphatic rings. The summed E-state index contributed by atoms with van der Waals surface area (Å²) in [5, 5.41) is 19.8. The molecule has 102 valence electrons. The number of amides is 1. The molecule has 0 saturated heterocycles. The average molecular weight is 306 g/mol. The normalized spacial score (nSPS) is 11.7. The summed E-state index contributed by atoms with van der Waals surface area (Å²) in [5.74, 6) is -3.60. The Bertz CT molecular complexity index is 532. The first-order chi connectivity index (χ1) is 8.81. The van der Waals surface area contributed by atoms with Crippen LogP contribution in [0.4, 0.5) is 0 Å². The zero-order chi connectivity index (χ0) is 14.6. The summed E-state index contributed by atoms with van der Waals surface area (Å²) in [6, 6.07) is 2.57. The molecule has 0 aliphatic carbocycles. The van der Waals surface area contributed by atoms with Crippen molar-refractivity contribution in [3.63, 3.8) is 0 Å². The number of carbonyl (C=O) groups is 3. The lowest BCUT2D eigenvalue weighted by molar-refractivity contribution is -0.145. The number of rotatable bonds is 5. The fourth-order valence-corrected chi connectivity index (χ4v) is 1.66. The van der Waals surface area contributed by atoms with Crippen molar-refractivity contribution in [2.24, 2.45) is 0 Å². The quantitative estimate of drug-likeness (QED) is 0.767. The molecule has 0 spiro atoms. The molecular weight excluding hydrogens is 297 g/mol. The van der Waals surface area contributed by atoms with E-state index in [1.54, 1.807) is 0 Å². The maximum absolute atomic E-state index is 11.8. The minimum atomic E-state index is -1.54. The predicted octanol–water partition coefficient (Wildman–Crippen LogP) is 1.65. The maximum atomic E-state index is 11.8. The van der Waals surface area contributed by atoms with Crippen molar-refractivity contribution in [2.75, 3.05) is 0 Å². The van der Waals surface area contributed by atoms with Crippen molar-refractivity contribution < 1.29 is 24.6 Å². The van der Waals surface area contributed by atoms with Crippen LogP contribution < -0.4 is 5.32 Å². The smallest absolute Gasteiger partial charge is 0.326 e. The monoisotopic (exact) mass is 305 g/mol. The van der Waals surface area contributed by atoms with E-state index < -0.39 is 30.3 Å². The fourth-order valence-electron chi connectivity index (χ4n) is 1.28. The van der Waals surface area contributed by atoms with E-state index in [0.29, 0.717) is 0 Å². The standard InChI is InChI=1S/C11H9Cl2NO5/c12-5-1-2-7(13)6(3-5)10(17)14-8(11(18)19)4-9(15)16/h1-3,8H,4H2,(H,14,17)(H,15,16)(H,18,19)/t8-/m0/s1. The van der Waals surface area contributed by atoms with E-state index in [1.807, 2.05) is 0 Å². The first kappa shape index (κ1) is 15.3. The van der Waals surface area contributed by atoms with Gasteiger partial charge in [0.05, 0.1) is 17.0 Å². The summed E-state index contributed by atoms with van der Waals surface area (Å²) >= 11 is 11.5. The highest BCUT2D eigenvalue weighted by atomic mass is 35.5. The second-order valence-electron chi connectivity index (χ2n) is 3.59. The Balaban J connectivity index is 2.90. The Morgan fingerprint density at radius 2 is 1.84 bits per heavy atom. The van der Waals surface area contributed by atoms with E-state index in [-0.39, 0.29) is 15.6 Å². The third-order valence-electron chi connectivity index (χ3n) is 2.16. The molecule has 0 saturated carbocycles. The number of nitrogens with one attached hydrogen (secondary N) is 1. The van der Waals surface area contributed by atoms with Gasteiger partial charge in [0.25, 0.3) is 5.91 Å². The topological polar surface area (TPSA) is 104 Å². The molecule has 0 radical (unpaired) electrons. The van der Waals surface area contributed by atoms with Crippen LogP contribution in [0.25, 0.3) is 0 Å². The summed E-state index contributed by atoms with van der Waals surface area (Å²) in [6.45, 7) is 0. The first-order valence-corrected chi connectivity index (χ1v) is 5.77. The zero-order valence-corrected chi connectivity index (χ0v) is 10.9. The summed E-state index contributed by atoms with van der Waals surface area (Å²) in [6.07, 6.45) is -0.737. The van der Waals surface area contributed by atoms with Gasteiger partial charge in [0, 0.05) is 5.02 Å². The third kappa shape index (κ3) is 4.42. The molecule has 6 nitrogen and oxygen atoms in total. The second-order valence-corrected chi connectivity index (χ2v) is 4.43. The van der Waals surface area contributed by atoms with Crippen molar-refractivity contribution >= 4 is 41.0 Å². The zero-order valence-electron chi connectivity index (χ0n) is 9.39. The largest absolute Gasteiger partial charge is 0.481 e. The molecule has 0 aromatic heterocycles. The lowest BCUT2D eigenvalue weighted by atomic mass is 10.1. The van der Waals surface area contributed by atoms with Crippen molar-refractivity contribution in [1.82, 2.24) is 5.32 Å². The van der Waals surface area contributed by atoms with Crippen molar-refractivity contribution in [1.29, 1.82) is 0 Å². The van der Waals surface area contributed by atoms with Crippen LogP contribution >= 0.6 is 23.2 Å². The van der Waals surface area contributed by atoms with Crippen LogP contribution in [-0.2, 0) is 9.59 Å². The summed E-state index contributed by atoms with van der Waals surface area (Å²) in [5.41, 5.74) is -0.0224. The number of hydrogen-bond donors (Lipinski definition) is 3. The van der Waals surface area contributed by atoms with Gasteiger partial charge in [-0.05, 0) is 18.2 Å². The molecule has 1 amide bonds. The summed E-state index contributed by atoms with van der Waals surface area (Å²) in [7, 11) is 0. The van der Waals surface area contributed by atoms with E-state index in [0.717, 1.165) is 0 Å². The predicted molar refractivity (Wildman–Crippen MR) is 67.6 cm³/mol. The molecule has 0 unspecified atom stereocenters. The van der Waals surface area contributed by atoms with Crippen LogP contribution in [0.1, 0.15) is 16.8 Å². The van der Waals surface area contributed by atoms with Gasteiger partial charge >= 0.3 is 11.9 Å². The highest BCUT2D eigenvalue weighted by molar-refractivity contribution is 6.35. The van der Waals surface area contributed by atoms with E-state index in [9.17, 15) is 14.4 Å². The Morgan fingerprint density at radius 3 is 2.37 bits per heavy atom. The lowest BCUT2D eigenvalue weighted by Gasteiger charge is -2.13. The maximum Gasteiger partial charge on any atom is 0.326 e. The molecule has 0 aliphatic heterocycles. The molecule has 8 heteroatoms. The van der Waals surface area contributed by atoms with Crippen molar-refractivity contribution in [2.45, 2.75) is 12.5 Å². The summed E-state index contributed by atoms with van der Waals surface area (Å²) < 4.78 is 0. The Hall–Kier alpha value is -1.79. The number of carboxylic acid groups (broad SMARTS) is 2. The fraction of sp³-hybridized carbons (Fsp3) is 0.182. The van der Waals surface area contributed by atoms with Crippen LogP contribution in [0.3, 0.4) is 0 Å². The first-order valence-electron chi connectivity index (χ1n) is 5.01. The second kappa shape index (κ2) is 6.40. The van der Waals surface area contributed by atoms with E-state index >= 15 is 0 Å². The molecule has 19 heavy (non-hydrogen) atoms. The Morgan fingerprint density at radius 1 is 1.21 bits per heavy atom. The van der Waals surface area contributed by atoms with Crippen molar-refractivity contribution in [3.05, 3.63) is 33.8 Å². The lowest BCUT2D eigenvalue weighted by Crippen LogP contribution is -2.42. The molecule has 0 bridgehead atoms. The van der Waals surface area contributed by atoms with Crippen LogP contribution in [0.15, 0.2) is 18.2 Å². The number of aliphatic carboxylic acids is 2. The van der Waals surface area contributed by atoms with Crippen LogP contribution in [0.2, 0.25) is 10.0 Å². The molecule has 1 atom stereocenters. The van der Waals surface area contributed by atoms with Gasteiger partial charge in [-0.1, -0.05) is 23.2 Å². The van der Waals surface area contributed by atoms with Gasteiger partial charge in [0.15, 0.2) is 0 Å². The molecule has 1 aromatic rings. The van der Waals surface area contributed by atoms with E-state index in [1.165, 1.54) is 18.2 Å². The van der Waals surface area contributed by atoms with E-state index in [2.05, 4.69) is 5.32 Å². The highest BCUT2D eigenvalue weighted by Crippen LogP contribution is 2.20. The van der Waals surface area contributed by atoms with Gasteiger partial charge in [0.2, 0.25) is 0 Å². The molecular formula is C11H9Cl2NO5. The number of hydrogen-bond acceptors (Lipinski definition) is 3. The minimum absolute atomic E-state index is 0.0224. The summed E-state index contributed by atoms with van der Waals surface area (Å²) in [4.78, 5) is 33.1. The van der Waals surface area contributed by atoms with E-state index in [4.69, 9.17) is 33.4 Å². The van der Waals surface area contributed by atoms with Crippen LogP contribution in [-0.4, -0.2) is 34.1 Å². The molecule has 1 rings (SSSR count). The minimum Gasteiger partial charge on any atom is -0.481 e. The Labute approximate surface area is 117 Å². The number of benzene rings is 1. The van der Waals surface area contributed by atoms with Gasteiger partial charge in [0.1, 0.15) is 6.04 Å². The molecule has 0 heterocycles. The third-order valence-corrected chi connectivity index (χ3v) is 2.72. The van der Waals surface area contributed by atoms with Gasteiger partial charge in [-0.2, -0.15) is 0 Å². The van der Waals surface area contributed by atoms with Crippen LogP contribution in [0.5, 0.6) is 0 Å². The van der Waals surface area contributed by atoms with Gasteiger partial charge in [-0.15, -0.1) is 0 Å². The molecule has 0 fully saturated rings. The number of carboxylic acids is 2. The van der Waals surface area contributed by atoms with Gasteiger partial charge in [-0.25, -0.2) is 4.79 Å². The number of halogens is 2. The average Bonchev–Trinajstić information content (AvgIpc) is 2.30. The van der Waals surface area contributed by atoms with Crippen LogP contribution in [0, 0.1) is 0 Å². The SMILES string of the molecule is O=C(O)C[C@H](NC(=O)c1cc(Cl)ccc1Cl)C(=O)O. The van der Waals surface area contributed by atoms with Crippen molar-refractivity contribution in [3.8, 4) is 0 Å². The molecule has 3 N–H and O–H groups in total. The van der Waals surface area contributed by atoms with Gasteiger partial charge < -0.3 is 15.5 Å². The Kier molecular flexibility index (Phi) is 5.14. The van der Waals surface area contributed by atoms with Gasteiger partial charge in [-0.3, -0.25) is 9.59 Å².